The number of hydrogen-bond acceptors (Lipinski definition) is 2. The fourth-order valence-electron chi connectivity index (χ4n) is 4.21. The first kappa shape index (κ1) is 12.4. The van der Waals surface area contributed by atoms with Gasteiger partial charge in [0.25, 0.3) is 0 Å². The van der Waals surface area contributed by atoms with E-state index in [-0.39, 0.29) is 6.10 Å². The normalized spacial score (nSPS) is 42.6. The quantitative estimate of drug-likeness (QED) is 0.770. The molecule has 2 bridgehead atoms. The largest absolute Gasteiger partial charge is 0.392 e. The monoisotopic (exact) mass is 225 g/mol. The minimum absolute atomic E-state index is 0.182. The molecule has 0 radical (unpaired) electrons. The van der Waals surface area contributed by atoms with Gasteiger partial charge in [0.2, 0.25) is 0 Å². The SMILES string of the molecule is CCC(O)CNC1C(C)(C)[C@H]2CC[C@]1(C)C2. The van der Waals surface area contributed by atoms with Crippen LogP contribution < -0.4 is 5.32 Å². The van der Waals surface area contributed by atoms with E-state index in [2.05, 4.69) is 26.1 Å². The van der Waals surface area contributed by atoms with E-state index in [0.717, 1.165) is 18.9 Å². The Morgan fingerprint density at radius 1 is 1.38 bits per heavy atom. The molecule has 2 unspecified atom stereocenters. The molecule has 2 rings (SSSR count). The molecule has 0 aromatic heterocycles. The van der Waals surface area contributed by atoms with Crippen LogP contribution in [0.2, 0.25) is 0 Å². The molecule has 2 saturated carbocycles. The Kier molecular flexibility index (Phi) is 3.09. The fourth-order valence-corrected chi connectivity index (χ4v) is 4.21. The Morgan fingerprint density at radius 2 is 2.06 bits per heavy atom. The van der Waals surface area contributed by atoms with Gasteiger partial charge in [0.05, 0.1) is 6.10 Å². The topological polar surface area (TPSA) is 32.3 Å². The lowest BCUT2D eigenvalue weighted by atomic mass is 9.68. The van der Waals surface area contributed by atoms with E-state index in [1.165, 1.54) is 19.3 Å². The van der Waals surface area contributed by atoms with Gasteiger partial charge in [-0.15, -0.1) is 0 Å². The van der Waals surface area contributed by atoms with Crippen LogP contribution >= 0.6 is 0 Å². The summed E-state index contributed by atoms with van der Waals surface area (Å²) in [6.07, 6.45) is 4.80. The molecule has 0 spiro atoms. The maximum atomic E-state index is 9.68. The zero-order chi connectivity index (χ0) is 12.0. The first-order chi connectivity index (χ1) is 7.40. The Morgan fingerprint density at radius 3 is 2.56 bits per heavy atom. The van der Waals surface area contributed by atoms with Crippen molar-refractivity contribution in [3.8, 4) is 0 Å². The summed E-state index contributed by atoms with van der Waals surface area (Å²) in [5, 5.41) is 13.3. The minimum atomic E-state index is -0.182. The van der Waals surface area contributed by atoms with Crippen LogP contribution in [0.3, 0.4) is 0 Å². The summed E-state index contributed by atoms with van der Waals surface area (Å²) in [5.74, 6) is 0.883. The van der Waals surface area contributed by atoms with Crippen LogP contribution in [0.4, 0.5) is 0 Å². The van der Waals surface area contributed by atoms with Crippen molar-refractivity contribution in [2.24, 2.45) is 16.7 Å². The molecule has 2 N–H and O–H groups in total. The van der Waals surface area contributed by atoms with Crippen LogP contribution in [0, 0.1) is 16.7 Å². The van der Waals surface area contributed by atoms with Gasteiger partial charge >= 0.3 is 0 Å². The van der Waals surface area contributed by atoms with E-state index in [9.17, 15) is 5.11 Å². The highest BCUT2D eigenvalue weighted by atomic mass is 16.3. The van der Waals surface area contributed by atoms with Crippen LogP contribution in [-0.4, -0.2) is 23.8 Å². The van der Waals surface area contributed by atoms with Crippen molar-refractivity contribution < 1.29 is 5.11 Å². The van der Waals surface area contributed by atoms with Gasteiger partial charge in [0.15, 0.2) is 0 Å². The summed E-state index contributed by atoms with van der Waals surface area (Å²) in [6, 6.07) is 0.583. The van der Waals surface area contributed by atoms with Crippen molar-refractivity contribution in [3.05, 3.63) is 0 Å². The standard InChI is InChI=1S/C14H27NO/c1-5-11(16)9-15-12-13(2,3)10-6-7-14(12,4)8-10/h10-12,15-16H,5-9H2,1-4H3/t10-,11?,12?,14+/m0/s1. The molecule has 2 fully saturated rings. The van der Waals surface area contributed by atoms with E-state index in [1.54, 1.807) is 0 Å². The van der Waals surface area contributed by atoms with E-state index >= 15 is 0 Å². The van der Waals surface area contributed by atoms with Gasteiger partial charge in [-0.1, -0.05) is 27.7 Å². The second-order valence-electron chi connectivity index (χ2n) is 6.82. The molecule has 16 heavy (non-hydrogen) atoms. The first-order valence-electron chi connectivity index (χ1n) is 6.81. The molecule has 0 heterocycles. The number of aliphatic hydroxyl groups is 1. The summed E-state index contributed by atoms with van der Waals surface area (Å²) < 4.78 is 0. The lowest BCUT2D eigenvalue weighted by Crippen LogP contribution is -2.52. The van der Waals surface area contributed by atoms with Crippen molar-refractivity contribution in [1.29, 1.82) is 0 Å². The van der Waals surface area contributed by atoms with Gasteiger partial charge in [-0.05, 0) is 42.4 Å². The number of fused-ring (bicyclic) bond motifs is 2. The van der Waals surface area contributed by atoms with E-state index in [4.69, 9.17) is 0 Å². The number of nitrogens with one attached hydrogen (secondary N) is 1. The molecule has 2 nitrogen and oxygen atoms in total. The predicted molar refractivity (Wildman–Crippen MR) is 67.3 cm³/mol. The lowest BCUT2D eigenvalue weighted by molar-refractivity contribution is 0.0870. The molecule has 0 aliphatic heterocycles. The van der Waals surface area contributed by atoms with Crippen LogP contribution in [-0.2, 0) is 0 Å². The van der Waals surface area contributed by atoms with Crippen molar-refractivity contribution in [1.82, 2.24) is 5.32 Å². The molecular formula is C14H27NO. The summed E-state index contributed by atoms with van der Waals surface area (Å²) in [7, 11) is 0. The molecule has 0 amide bonds. The highest BCUT2D eigenvalue weighted by Gasteiger charge is 2.58. The Labute approximate surface area is 99.8 Å². The van der Waals surface area contributed by atoms with Crippen LogP contribution in [0.1, 0.15) is 53.4 Å². The zero-order valence-electron chi connectivity index (χ0n) is 11.2. The van der Waals surface area contributed by atoms with Gasteiger partial charge in [-0.3, -0.25) is 0 Å². The maximum Gasteiger partial charge on any atom is 0.0662 e. The van der Waals surface area contributed by atoms with Gasteiger partial charge in [-0.25, -0.2) is 0 Å². The van der Waals surface area contributed by atoms with E-state index < -0.39 is 0 Å². The summed E-state index contributed by atoms with van der Waals surface area (Å²) in [6.45, 7) is 10.0. The summed E-state index contributed by atoms with van der Waals surface area (Å²) in [4.78, 5) is 0. The second kappa shape index (κ2) is 3.99. The number of rotatable bonds is 4. The number of hydrogen-bond donors (Lipinski definition) is 2. The van der Waals surface area contributed by atoms with Gasteiger partial charge in [0.1, 0.15) is 0 Å². The molecular weight excluding hydrogens is 198 g/mol. The highest BCUT2D eigenvalue weighted by molar-refractivity contribution is 5.12. The summed E-state index contributed by atoms with van der Waals surface area (Å²) in [5.41, 5.74) is 0.877. The molecule has 2 aliphatic carbocycles. The minimum Gasteiger partial charge on any atom is -0.392 e. The average molecular weight is 225 g/mol. The summed E-state index contributed by atoms with van der Waals surface area (Å²) >= 11 is 0. The van der Waals surface area contributed by atoms with E-state index in [0.29, 0.717) is 16.9 Å². The smallest absolute Gasteiger partial charge is 0.0662 e. The second-order valence-corrected chi connectivity index (χ2v) is 6.82. The van der Waals surface area contributed by atoms with E-state index in [1.807, 2.05) is 6.92 Å². The van der Waals surface area contributed by atoms with Crippen LogP contribution in [0.25, 0.3) is 0 Å². The van der Waals surface area contributed by atoms with Crippen molar-refractivity contribution in [2.75, 3.05) is 6.54 Å². The molecule has 2 aliphatic rings. The third-order valence-corrected chi connectivity index (χ3v) is 5.30. The molecule has 0 aromatic rings. The molecule has 4 atom stereocenters. The van der Waals surface area contributed by atoms with Gasteiger partial charge in [0, 0.05) is 12.6 Å². The van der Waals surface area contributed by atoms with Crippen LogP contribution in [0.5, 0.6) is 0 Å². The zero-order valence-corrected chi connectivity index (χ0v) is 11.2. The van der Waals surface area contributed by atoms with Gasteiger partial charge in [-0.2, -0.15) is 0 Å². The van der Waals surface area contributed by atoms with Crippen molar-refractivity contribution in [3.63, 3.8) is 0 Å². The maximum absolute atomic E-state index is 9.68. The molecule has 94 valence electrons. The van der Waals surface area contributed by atoms with Gasteiger partial charge < -0.3 is 10.4 Å². The predicted octanol–water partition coefficient (Wildman–Crippen LogP) is 2.56. The Bertz CT molecular complexity index is 259. The van der Waals surface area contributed by atoms with Crippen LogP contribution in [0.15, 0.2) is 0 Å². The average Bonchev–Trinajstić information content (AvgIpc) is 2.68. The van der Waals surface area contributed by atoms with Crippen molar-refractivity contribution >= 4 is 0 Å². The lowest BCUT2D eigenvalue weighted by Gasteiger charge is -2.43. The first-order valence-corrected chi connectivity index (χ1v) is 6.81. The molecule has 2 heteroatoms. The number of aliphatic hydroxyl groups excluding tert-OH is 1. The third-order valence-electron chi connectivity index (χ3n) is 5.30. The highest BCUT2D eigenvalue weighted by Crippen LogP contribution is 2.62. The Hall–Kier alpha value is -0.0800. The van der Waals surface area contributed by atoms with Crippen molar-refractivity contribution in [2.45, 2.75) is 65.5 Å². The fraction of sp³-hybridized carbons (Fsp3) is 1.00. The third kappa shape index (κ3) is 1.80. The Balaban J connectivity index is 2.02. The molecule has 0 saturated heterocycles. The molecule has 0 aromatic carbocycles.